The Kier molecular flexibility index (Phi) is 7.78. The molecule has 0 bridgehead atoms. The Balaban J connectivity index is 3.89. The van der Waals surface area contributed by atoms with Crippen molar-refractivity contribution in [1.29, 1.82) is 0 Å². The molecule has 0 aliphatic heterocycles. The van der Waals surface area contributed by atoms with Gasteiger partial charge in [-0.05, 0) is 12.8 Å². The monoisotopic (exact) mass is 214 g/mol. The predicted molar refractivity (Wildman–Crippen MR) is 60.7 cm³/mol. The molecule has 0 radical (unpaired) electrons. The van der Waals surface area contributed by atoms with E-state index in [2.05, 4.69) is 13.8 Å². The normalized spacial score (nSPS) is 13.7. The van der Waals surface area contributed by atoms with E-state index in [1.807, 2.05) is 0 Å². The first-order valence-electron chi connectivity index (χ1n) is 5.66. The maximum atomic E-state index is 11.0. The first-order chi connectivity index (χ1) is 7.10. The molecule has 88 valence electrons. The molecular weight excluding hydrogens is 192 g/mol. The second-order valence-electron chi connectivity index (χ2n) is 3.84. The van der Waals surface area contributed by atoms with Gasteiger partial charge in [-0.1, -0.05) is 33.1 Å². The van der Waals surface area contributed by atoms with Crippen LogP contribution in [0.1, 0.15) is 46.5 Å². The SMILES string of the molecule is CCCC[C@@H](C)CC(O)=CC(=O)OCC. The average molecular weight is 214 g/mol. The van der Waals surface area contributed by atoms with E-state index in [4.69, 9.17) is 4.74 Å². The highest BCUT2D eigenvalue weighted by Crippen LogP contribution is 2.15. The van der Waals surface area contributed by atoms with Crippen molar-refractivity contribution in [2.45, 2.75) is 46.5 Å². The third kappa shape index (κ3) is 8.03. The van der Waals surface area contributed by atoms with Crippen molar-refractivity contribution in [2.75, 3.05) is 6.61 Å². The number of carbonyl (C=O) groups excluding carboxylic acids is 1. The zero-order chi connectivity index (χ0) is 11.7. The summed E-state index contributed by atoms with van der Waals surface area (Å²) in [7, 11) is 0. The highest BCUT2D eigenvalue weighted by atomic mass is 16.5. The molecule has 0 aliphatic carbocycles. The van der Waals surface area contributed by atoms with Crippen molar-refractivity contribution in [3.63, 3.8) is 0 Å². The van der Waals surface area contributed by atoms with Gasteiger partial charge in [0, 0.05) is 6.42 Å². The molecule has 0 saturated heterocycles. The number of esters is 1. The summed E-state index contributed by atoms with van der Waals surface area (Å²) in [5.41, 5.74) is 0. The number of unbranched alkanes of at least 4 members (excludes halogenated alkanes) is 1. The van der Waals surface area contributed by atoms with E-state index < -0.39 is 5.97 Å². The largest absolute Gasteiger partial charge is 0.512 e. The van der Waals surface area contributed by atoms with Crippen LogP contribution >= 0.6 is 0 Å². The van der Waals surface area contributed by atoms with Crippen LogP contribution in [0.2, 0.25) is 0 Å². The van der Waals surface area contributed by atoms with Gasteiger partial charge in [-0.2, -0.15) is 0 Å². The number of allylic oxidation sites excluding steroid dienone is 1. The van der Waals surface area contributed by atoms with Gasteiger partial charge in [0.05, 0.1) is 18.4 Å². The van der Waals surface area contributed by atoms with Crippen LogP contribution in [0.4, 0.5) is 0 Å². The second kappa shape index (κ2) is 8.33. The molecule has 0 rings (SSSR count). The molecule has 0 spiro atoms. The topological polar surface area (TPSA) is 46.5 Å². The summed E-state index contributed by atoms with van der Waals surface area (Å²) in [6, 6.07) is 0. The number of ether oxygens (including phenoxy) is 1. The maximum Gasteiger partial charge on any atom is 0.334 e. The van der Waals surface area contributed by atoms with Crippen molar-refractivity contribution in [2.24, 2.45) is 5.92 Å². The predicted octanol–water partition coefficient (Wildman–Crippen LogP) is 3.21. The van der Waals surface area contributed by atoms with Crippen LogP contribution in [0.3, 0.4) is 0 Å². The minimum Gasteiger partial charge on any atom is -0.512 e. The lowest BCUT2D eigenvalue weighted by Gasteiger charge is -2.09. The Labute approximate surface area is 92.1 Å². The average Bonchev–Trinajstić information content (AvgIpc) is 2.14. The van der Waals surface area contributed by atoms with E-state index in [0.717, 1.165) is 19.3 Å². The fourth-order valence-corrected chi connectivity index (χ4v) is 1.39. The summed E-state index contributed by atoms with van der Waals surface area (Å²) in [4.78, 5) is 11.0. The third-order valence-corrected chi connectivity index (χ3v) is 2.18. The van der Waals surface area contributed by atoms with Gasteiger partial charge in [-0.3, -0.25) is 0 Å². The number of aliphatic hydroxyl groups is 1. The minimum absolute atomic E-state index is 0.122. The molecule has 0 aromatic rings. The quantitative estimate of drug-likeness (QED) is 0.402. The van der Waals surface area contributed by atoms with Crippen LogP contribution in [0.25, 0.3) is 0 Å². The summed E-state index contributed by atoms with van der Waals surface area (Å²) in [5.74, 6) is 0.0744. The highest BCUT2D eigenvalue weighted by molar-refractivity contribution is 5.82. The van der Waals surface area contributed by atoms with Gasteiger partial charge < -0.3 is 9.84 Å². The minimum atomic E-state index is -0.460. The number of rotatable bonds is 7. The Morgan fingerprint density at radius 1 is 1.47 bits per heavy atom. The molecule has 0 aromatic heterocycles. The van der Waals surface area contributed by atoms with Gasteiger partial charge in [-0.15, -0.1) is 0 Å². The summed E-state index contributed by atoms with van der Waals surface area (Å²) >= 11 is 0. The number of hydrogen-bond donors (Lipinski definition) is 1. The summed E-state index contributed by atoms with van der Waals surface area (Å²) in [6.07, 6.45) is 5.13. The molecule has 0 heterocycles. The lowest BCUT2D eigenvalue weighted by Crippen LogP contribution is -2.03. The summed E-state index contributed by atoms with van der Waals surface area (Å²) < 4.78 is 4.70. The molecule has 0 aromatic carbocycles. The van der Waals surface area contributed by atoms with Crippen molar-refractivity contribution in [1.82, 2.24) is 0 Å². The number of hydrogen-bond acceptors (Lipinski definition) is 3. The van der Waals surface area contributed by atoms with Crippen LogP contribution in [0.15, 0.2) is 11.8 Å². The molecule has 0 amide bonds. The zero-order valence-corrected chi connectivity index (χ0v) is 9.95. The van der Waals surface area contributed by atoms with Gasteiger partial charge >= 0.3 is 5.97 Å². The fourth-order valence-electron chi connectivity index (χ4n) is 1.39. The van der Waals surface area contributed by atoms with Gasteiger partial charge in [0.25, 0.3) is 0 Å². The van der Waals surface area contributed by atoms with Crippen LogP contribution in [0.5, 0.6) is 0 Å². The van der Waals surface area contributed by atoms with Crippen molar-refractivity contribution >= 4 is 5.97 Å². The molecule has 0 saturated carbocycles. The van der Waals surface area contributed by atoms with E-state index in [1.165, 1.54) is 6.08 Å². The molecule has 3 heteroatoms. The molecule has 0 fully saturated rings. The maximum absolute atomic E-state index is 11.0. The Morgan fingerprint density at radius 3 is 2.67 bits per heavy atom. The standard InChI is InChI=1S/C12H22O3/c1-4-6-7-10(3)8-11(13)9-12(14)15-5-2/h9-10,13H,4-8H2,1-3H3/t10-/m1/s1. The van der Waals surface area contributed by atoms with Crippen LogP contribution in [0, 0.1) is 5.92 Å². The van der Waals surface area contributed by atoms with E-state index in [1.54, 1.807) is 6.92 Å². The van der Waals surface area contributed by atoms with Gasteiger partial charge in [0.2, 0.25) is 0 Å². The smallest absolute Gasteiger partial charge is 0.334 e. The van der Waals surface area contributed by atoms with Crippen molar-refractivity contribution in [3.8, 4) is 0 Å². The van der Waals surface area contributed by atoms with Crippen LogP contribution < -0.4 is 0 Å². The van der Waals surface area contributed by atoms with E-state index in [-0.39, 0.29) is 5.76 Å². The fraction of sp³-hybridized carbons (Fsp3) is 0.750. The zero-order valence-electron chi connectivity index (χ0n) is 9.95. The molecule has 15 heavy (non-hydrogen) atoms. The Hall–Kier alpha value is -0.990. The highest BCUT2D eigenvalue weighted by Gasteiger charge is 2.06. The Bertz CT molecular complexity index is 209. The van der Waals surface area contributed by atoms with Crippen molar-refractivity contribution in [3.05, 3.63) is 11.8 Å². The summed E-state index contributed by atoms with van der Waals surface area (Å²) in [6.45, 7) is 6.30. The van der Waals surface area contributed by atoms with Crippen LogP contribution in [-0.4, -0.2) is 17.7 Å². The van der Waals surface area contributed by atoms with Gasteiger partial charge in [-0.25, -0.2) is 4.79 Å². The number of aliphatic hydroxyl groups excluding tert-OH is 1. The third-order valence-electron chi connectivity index (χ3n) is 2.18. The van der Waals surface area contributed by atoms with Gasteiger partial charge in [0.15, 0.2) is 0 Å². The Morgan fingerprint density at radius 2 is 2.13 bits per heavy atom. The van der Waals surface area contributed by atoms with Gasteiger partial charge in [0.1, 0.15) is 0 Å². The molecule has 1 N–H and O–H groups in total. The lowest BCUT2D eigenvalue weighted by molar-refractivity contribution is -0.137. The second-order valence-corrected chi connectivity index (χ2v) is 3.84. The first kappa shape index (κ1) is 14.0. The molecule has 1 atom stereocenters. The van der Waals surface area contributed by atoms with E-state index in [0.29, 0.717) is 18.9 Å². The first-order valence-corrected chi connectivity index (χ1v) is 5.66. The number of carbonyl (C=O) groups is 1. The van der Waals surface area contributed by atoms with E-state index >= 15 is 0 Å². The molecule has 0 aliphatic rings. The molecule has 3 nitrogen and oxygen atoms in total. The summed E-state index contributed by atoms with van der Waals surface area (Å²) in [5, 5.41) is 9.48. The van der Waals surface area contributed by atoms with Crippen molar-refractivity contribution < 1.29 is 14.6 Å². The van der Waals surface area contributed by atoms with Crippen LogP contribution in [-0.2, 0) is 9.53 Å². The lowest BCUT2D eigenvalue weighted by atomic mass is 10.00. The molecule has 0 unspecified atom stereocenters. The molecular formula is C12H22O3. The van der Waals surface area contributed by atoms with E-state index in [9.17, 15) is 9.90 Å².